The summed E-state index contributed by atoms with van der Waals surface area (Å²) in [5, 5.41) is 0.689. The highest BCUT2D eigenvalue weighted by Crippen LogP contribution is 2.25. The lowest BCUT2D eigenvalue weighted by Crippen LogP contribution is -2.44. The summed E-state index contributed by atoms with van der Waals surface area (Å²) in [6, 6.07) is 13.5. The topological polar surface area (TPSA) is 38.8 Å². The standard InChI is InChI=1S/C20H22ClNO3/c1-14-4-3-5-15(2)20(14)25-13-19(23)22-10-11-24-18(12-22)16-6-8-17(21)9-7-16/h3-9,18H,10-13H2,1-2H3. The summed E-state index contributed by atoms with van der Waals surface area (Å²) in [5.41, 5.74) is 3.10. The molecule has 1 aliphatic heterocycles. The molecule has 4 nitrogen and oxygen atoms in total. The molecule has 1 atom stereocenters. The molecule has 25 heavy (non-hydrogen) atoms. The van der Waals surface area contributed by atoms with E-state index < -0.39 is 0 Å². The lowest BCUT2D eigenvalue weighted by molar-refractivity contribution is -0.141. The van der Waals surface area contributed by atoms with Gasteiger partial charge in [-0.3, -0.25) is 4.79 Å². The molecule has 1 aliphatic rings. The van der Waals surface area contributed by atoms with Gasteiger partial charge >= 0.3 is 0 Å². The van der Waals surface area contributed by atoms with Crippen molar-refractivity contribution in [3.05, 3.63) is 64.2 Å². The summed E-state index contributed by atoms with van der Waals surface area (Å²) in [6.45, 7) is 5.63. The minimum absolute atomic E-state index is 0.0232. The Balaban J connectivity index is 1.61. The first kappa shape index (κ1) is 17.8. The van der Waals surface area contributed by atoms with Crippen molar-refractivity contribution >= 4 is 17.5 Å². The van der Waals surface area contributed by atoms with E-state index in [1.54, 1.807) is 4.90 Å². The maximum atomic E-state index is 12.5. The second kappa shape index (κ2) is 7.89. The number of nitrogens with zero attached hydrogens (tertiary/aromatic N) is 1. The fraction of sp³-hybridized carbons (Fsp3) is 0.350. The molecule has 0 aromatic heterocycles. The summed E-state index contributed by atoms with van der Waals surface area (Å²) in [4.78, 5) is 14.4. The number of carbonyl (C=O) groups excluding carboxylic acids is 1. The summed E-state index contributed by atoms with van der Waals surface area (Å²) in [5.74, 6) is 0.767. The van der Waals surface area contributed by atoms with Crippen molar-refractivity contribution in [2.24, 2.45) is 0 Å². The van der Waals surface area contributed by atoms with Crippen molar-refractivity contribution < 1.29 is 14.3 Å². The first-order chi connectivity index (χ1) is 12.0. The van der Waals surface area contributed by atoms with Crippen LogP contribution in [-0.4, -0.2) is 37.1 Å². The molecule has 2 aromatic carbocycles. The van der Waals surface area contributed by atoms with E-state index in [0.717, 1.165) is 22.4 Å². The van der Waals surface area contributed by atoms with Crippen LogP contribution in [0.1, 0.15) is 22.8 Å². The molecule has 132 valence electrons. The average molecular weight is 360 g/mol. The number of benzene rings is 2. The predicted molar refractivity (Wildman–Crippen MR) is 98.1 cm³/mol. The average Bonchev–Trinajstić information content (AvgIpc) is 2.62. The number of rotatable bonds is 4. The SMILES string of the molecule is Cc1cccc(C)c1OCC(=O)N1CCOC(c2ccc(Cl)cc2)C1. The maximum Gasteiger partial charge on any atom is 0.260 e. The van der Waals surface area contributed by atoms with Gasteiger partial charge in [-0.05, 0) is 42.7 Å². The van der Waals surface area contributed by atoms with Crippen LogP contribution < -0.4 is 4.74 Å². The number of aryl methyl sites for hydroxylation is 2. The van der Waals surface area contributed by atoms with Crippen LogP contribution in [0.3, 0.4) is 0 Å². The molecule has 1 unspecified atom stereocenters. The van der Waals surface area contributed by atoms with Crippen LogP contribution in [0.15, 0.2) is 42.5 Å². The van der Waals surface area contributed by atoms with Gasteiger partial charge in [-0.15, -0.1) is 0 Å². The van der Waals surface area contributed by atoms with E-state index in [4.69, 9.17) is 21.1 Å². The molecule has 1 amide bonds. The lowest BCUT2D eigenvalue weighted by atomic mass is 10.1. The highest BCUT2D eigenvalue weighted by Gasteiger charge is 2.25. The van der Waals surface area contributed by atoms with Crippen molar-refractivity contribution in [1.82, 2.24) is 4.90 Å². The summed E-state index contributed by atoms with van der Waals surface area (Å²) >= 11 is 5.93. The van der Waals surface area contributed by atoms with Crippen molar-refractivity contribution in [1.29, 1.82) is 0 Å². The van der Waals surface area contributed by atoms with Crippen molar-refractivity contribution in [3.63, 3.8) is 0 Å². The van der Waals surface area contributed by atoms with Gasteiger partial charge in [-0.2, -0.15) is 0 Å². The lowest BCUT2D eigenvalue weighted by Gasteiger charge is -2.33. The van der Waals surface area contributed by atoms with E-state index in [2.05, 4.69) is 0 Å². The molecule has 0 radical (unpaired) electrons. The molecule has 0 bridgehead atoms. The second-order valence-electron chi connectivity index (χ2n) is 6.26. The summed E-state index contributed by atoms with van der Waals surface area (Å²) < 4.78 is 11.6. The Labute approximate surface area is 153 Å². The van der Waals surface area contributed by atoms with Crippen molar-refractivity contribution in [2.45, 2.75) is 20.0 Å². The molecule has 0 saturated carbocycles. The molecular formula is C20H22ClNO3. The Bertz CT molecular complexity index is 725. The number of halogens is 1. The van der Waals surface area contributed by atoms with Crippen LogP contribution in [0, 0.1) is 13.8 Å². The highest BCUT2D eigenvalue weighted by molar-refractivity contribution is 6.30. The number of morpholine rings is 1. The van der Waals surface area contributed by atoms with Crippen LogP contribution in [-0.2, 0) is 9.53 Å². The predicted octanol–water partition coefficient (Wildman–Crippen LogP) is 3.94. The number of hydrogen-bond acceptors (Lipinski definition) is 3. The molecule has 0 N–H and O–H groups in total. The van der Waals surface area contributed by atoms with E-state index in [1.165, 1.54) is 0 Å². The van der Waals surface area contributed by atoms with Gasteiger partial charge in [-0.25, -0.2) is 0 Å². The largest absolute Gasteiger partial charge is 0.483 e. The molecule has 0 spiro atoms. The zero-order chi connectivity index (χ0) is 17.8. The smallest absolute Gasteiger partial charge is 0.260 e. The van der Waals surface area contributed by atoms with Gasteiger partial charge < -0.3 is 14.4 Å². The van der Waals surface area contributed by atoms with Gasteiger partial charge in [0.15, 0.2) is 6.61 Å². The number of para-hydroxylation sites is 1. The third-order valence-electron chi connectivity index (χ3n) is 4.41. The number of hydrogen-bond donors (Lipinski definition) is 0. The number of carbonyl (C=O) groups is 1. The van der Waals surface area contributed by atoms with Crippen LogP contribution in [0.4, 0.5) is 0 Å². The van der Waals surface area contributed by atoms with Crippen molar-refractivity contribution in [2.75, 3.05) is 26.3 Å². The van der Waals surface area contributed by atoms with Gasteiger partial charge in [0, 0.05) is 11.6 Å². The Morgan fingerprint density at radius 3 is 2.56 bits per heavy atom. The molecular weight excluding hydrogens is 338 g/mol. The normalized spacial score (nSPS) is 17.4. The van der Waals surface area contributed by atoms with Gasteiger partial charge in [0.1, 0.15) is 11.9 Å². The Kier molecular flexibility index (Phi) is 5.61. The van der Waals surface area contributed by atoms with E-state index in [-0.39, 0.29) is 18.6 Å². The third kappa shape index (κ3) is 4.33. The van der Waals surface area contributed by atoms with Gasteiger partial charge in [-0.1, -0.05) is 41.9 Å². The molecule has 3 rings (SSSR count). The van der Waals surface area contributed by atoms with Gasteiger partial charge in [0.25, 0.3) is 5.91 Å². The highest BCUT2D eigenvalue weighted by atomic mass is 35.5. The minimum Gasteiger partial charge on any atom is -0.483 e. The number of ether oxygens (including phenoxy) is 2. The summed E-state index contributed by atoms with van der Waals surface area (Å²) in [6.07, 6.45) is -0.129. The fourth-order valence-electron chi connectivity index (χ4n) is 3.01. The molecule has 1 saturated heterocycles. The first-order valence-electron chi connectivity index (χ1n) is 8.38. The quantitative estimate of drug-likeness (QED) is 0.830. The summed E-state index contributed by atoms with van der Waals surface area (Å²) in [7, 11) is 0. The van der Waals surface area contributed by atoms with Crippen LogP contribution >= 0.6 is 11.6 Å². The molecule has 5 heteroatoms. The second-order valence-corrected chi connectivity index (χ2v) is 6.70. The Hall–Kier alpha value is -2.04. The zero-order valence-electron chi connectivity index (χ0n) is 14.5. The van der Waals surface area contributed by atoms with E-state index >= 15 is 0 Å². The van der Waals surface area contributed by atoms with Gasteiger partial charge in [0.05, 0.1) is 13.2 Å². The Morgan fingerprint density at radius 1 is 1.20 bits per heavy atom. The molecule has 1 heterocycles. The van der Waals surface area contributed by atoms with Crippen LogP contribution in [0.25, 0.3) is 0 Å². The van der Waals surface area contributed by atoms with E-state index in [9.17, 15) is 4.79 Å². The molecule has 1 fully saturated rings. The van der Waals surface area contributed by atoms with E-state index in [0.29, 0.717) is 24.7 Å². The van der Waals surface area contributed by atoms with Crippen molar-refractivity contribution in [3.8, 4) is 5.75 Å². The molecule has 2 aromatic rings. The molecule has 0 aliphatic carbocycles. The Morgan fingerprint density at radius 2 is 1.88 bits per heavy atom. The zero-order valence-corrected chi connectivity index (χ0v) is 15.3. The first-order valence-corrected chi connectivity index (χ1v) is 8.76. The number of amides is 1. The minimum atomic E-state index is -0.129. The van der Waals surface area contributed by atoms with Gasteiger partial charge in [0.2, 0.25) is 0 Å². The van der Waals surface area contributed by atoms with Crippen LogP contribution in [0.5, 0.6) is 5.75 Å². The maximum absolute atomic E-state index is 12.5. The fourth-order valence-corrected chi connectivity index (χ4v) is 3.13. The monoisotopic (exact) mass is 359 g/mol. The third-order valence-corrected chi connectivity index (χ3v) is 4.66. The van der Waals surface area contributed by atoms with E-state index in [1.807, 2.05) is 56.3 Å². The van der Waals surface area contributed by atoms with Crippen LogP contribution in [0.2, 0.25) is 5.02 Å².